The number of benzene rings is 1. The van der Waals surface area contributed by atoms with Gasteiger partial charge in [0.05, 0.1) is 0 Å². The average molecular weight is 303 g/mol. The Bertz CT molecular complexity index is 490. The first-order chi connectivity index (χ1) is 10.6. The summed E-state index contributed by atoms with van der Waals surface area (Å²) in [4.78, 5) is 12.5. The number of hydrogen-bond donors (Lipinski definition) is 1. The summed E-state index contributed by atoms with van der Waals surface area (Å²) in [6.07, 6.45) is 7.52. The van der Waals surface area contributed by atoms with Crippen molar-refractivity contribution in [1.82, 2.24) is 5.32 Å². The fourth-order valence-corrected chi connectivity index (χ4v) is 3.05. The predicted molar refractivity (Wildman–Crippen MR) is 90.3 cm³/mol. The molecule has 1 unspecified atom stereocenters. The summed E-state index contributed by atoms with van der Waals surface area (Å²) in [5, 5.41) is 3.20. The van der Waals surface area contributed by atoms with E-state index in [9.17, 15) is 4.79 Å². The summed E-state index contributed by atoms with van der Waals surface area (Å²) in [5.74, 6) is 0.859. The Morgan fingerprint density at radius 3 is 2.55 bits per heavy atom. The van der Waals surface area contributed by atoms with Gasteiger partial charge >= 0.3 is 0 Å². The molecule has 0 heterocycles. The Hall–Kier alpha value is -1.51. The van der Waals surface area contributed by atoms with Crippen LogP contribution < -0.4 is 10.1 Å². The average Bonchev–Trinajstić information content (AvgIpc) is 2.77. The Balaban J connectivity index is 1.97. The molecule has 0 bridgehead atoms. The van der Waals surface area contributed by atoms with Crippen molar-refractivity contribution in [2.24, 2.45) is 0 Å². The quantitative estimate of drug-likeness (QED) is 0.824. The highest BCUT2D eigenvalue weighted by Gasteiger charge is 2.23. The third-order valence-electron chi connectivity index (χ3n) is 4.69. The molecule has 2 rings (SSSR count). The summed E-state index contributed by atoms with van der Waals surface area (Å²) in [6, 6.07) is 6.32. The minimum absolute atomic E-state index is 0.0373. The second-order valence-electron chi connectivity index (χ2n) is 6.41. The molecule has 1 aliphatic carbocycles. The molecular weight excluding hydrogens is 274 g/mol. The standard InChI is InChI=1S/C19H29NO2/c1-4-17(22-18-13-9-10-14(2)15(18)3)19(21)20-16-11-7-5-6-8-12-16/h9-10,13,16-17H,4-8,11-12H2,1-3H3,(H,20,21). The van der Waals surface area contributed by atoms with Crippen LogP contribution in [-0.4, -0.2) is 18.1 Å². The Morgan fingerprint density at radius 2 is 1.91 bits per heavy atom. The third-order valence-corrected chi connectivity index (χ3v) is 4.69. The molecule has 1 amide bonds. The lowest BCUT2D eigenvalue weighted by Gasteiger charge is -2.23. The lowest BCUT2D eigenvalue weighted by Crippen LogP contribution is -2.43. The summed E-state index contributed by atoms with van der Waals surface area (Å²) >= 11 is 0. The van der Waals surface area contributed by atoms with Gasteiger partial charge in [-0.2, -0.15) is 0 Å². The molecule has 1 aromatic carbocycles. The van der Waals surface area contributed by atoms with E-state index >= 15 is 0 Å². The normalized spacial score (nSPS) is 17.6. The summed E-state index contributed by atoms with van der Waals surface area (Å²) in [6.45, 7) is 6.11. The highest BCUT2D eigenvalue weighted by molar-refractivity contribution is 5.81. The van der Waals surface area contributed by atoms with Crippen LogP contribution in [0.2, 0.25) is 0 Å². The highest BCUT2D eigenvalue weighted by Crippen LogP contribution is 2.23. The van der Waals surface area contributed by atoms with E-state index in [1.165, 1.54) is 31.2 Å². The molecule has 1 aromatic rings. The van der Waals surface area contributed by atoms with Crippen LogP contribution in [0.4, 0.5) is 0 Å². The van der Waals surface area contributed by atoms with Gasteiger partial charge in [-0.3, -0.25) is 4.79 Å². The van der Waals surface area contributed by atoms with Crippen molar-refractivity contribution in [2.75, 3.05) is 0 Å². The molecule has 1 saturated carbocycles. The molecule has 1 fully saturated rings. The van der Waals surface area contributed by atoms with Gasteiger partial charge in [-0.15, -0.1) is 0 Å². The summed E-state index contributed by atoms with van der Waals surface area (Å²) in [7, 11) is 0. The van der Waals surface area contributed by atoms with Crippen LogP contribution >= 0.6 is 0 Å². The lowest BCUT2D eigenvalue weighted by molar-refractivity contribution is -0.129. The van der Waals surface area contributed by atoms with Crippen molar-refractivity contribution < 1.29 is 9.53 Å². The number of amides is 1. The first kappa shape index (κ1) is 16.9. The van der Waals surface area contributed by atoms with Gasteiger partial charge in [0.15, 0.2) is 6.10 Å². The van der Waals surface area contributed by atoms with E-state index in [0.29, 0.717) is 12.5 Å². The van der Waals surface area contributed by atoms with Gasteiger partial charge in [0, 0.05) is 6.04 Å². The first-order valence-corrected chi connectivity index (χ1v) is 8.65. The molecule has 3 heteroatoms. The van der Waals surface area contributed by atoms with E-state index in [-0.39, 0.29) is 5.91 Å². The van der Waals surface area contributed by atoms with Crippen molar-refractivity contribution in [3.05, 3.63) is 29.3 Å². The van der Waals surface area contributed by atoms with Crippen LogP contribution in [0.1, 0.15) is 63.0 Å². The Kier molecular flexibility index (Phi) is 6.29. The third kappa shape index (κ3) is 4.49. The lowest BCUT2D eigenvalue weighted by atomic mass is 10.1. The van der Waals surface area contributed by atoms with Crippen LogP contribution in [0.5, 0.6) is 5.75 Å². The van der Waals surface area contributed by atoms with Crippen LogP contribution in [-0.2, 0) is 4.79 Å². The van der Waals surface area contributed by atoms with Crippen molar-refractivity contribution >= 4 is 5.91 Å². The van der Waals surface area contributed by atoms with E-state index in [1.807, 2.05) is 26.0 Å². The van der Waals surface area contributed by atoms with Crippen molar-refractivity contribution in [3.63, 3.8) is 0 Å². The minimum Gasteiger partial charge on any atom is -0.480 e. The summed E-state index contributed by atoms with van der Waals surface area (Å²) < 4.78 is 6.00. The molecule has 1 N–H and O–H groups in total. The predicted octanol–water partition coefficient (Wildman–Crippen LogP) is 4.30. The van der Waals surface area contributed by atoms with Gasteiger partial charge in [-0.25, -0.2) is 0 Å². The van der Waals surface area contributed by atoms with Crippen molar-refractivity contribution in [1.29, 1.82) is 0 Å². The number of nitrogens with one attached hydrogen (secondary N) is 1. The molecule has 0 saturated heterocycles. The van der Waals surface area contributed by atoms with Crippen LogP contribution in [0.3, 0.4) is 0 Å². The largest absolute Gasteiger partial charge is 0.480 e. The van der Waals surface area contributed by atoms with Gasteiger partial charge in [0.1, 0.15) is 5.75 Å². The van der Waals surface area contributed by atoms with Gasteiger partial charge in [-0.05, 0) is 50.3 Å². The van der Waals surface area contributed by atoms with Gasteiger partial charge in [0.25, 0.3) is 5.91 Å². The molecule has 1 aliphatic rings. The Labute approximate surface area is 134 Å². The molecule has 1 atom stereocenters. The summed E-state index contributed by atoms with van der Waals surface area (Å²) in [5.41, 5.74) is 2.31. The molecule has 22 heavy (non-hydrogen) atoms. The van der Waals surface area contributed by atoms with E-state index in [0.717, 1.165) is 24.2 Å². The first-order valence-electron chi connectivity index (χ1n) is 8.65. The second kappa shape index (κ2) is 8.21. The van der Waals surface area contributed by atoms with Gasteiger partial charge in [0.2, 0.25) is 0 Å². The number of carbonyl (C=O) groups is 1. The number of aryl methyl sites for hydroxylation is 1. The number of hydrogen-bond acceptors (Lipinski definition) is 2. The van der Waals surface area contributed by atoms with Crippen LogP contribution in [0, 0.1) is 13.8 Å². The Morgan fingerprint density at radius 1 is 1.23 bits per heavy atom. The molecule has 0 aromatic heterocycles. The fourth-order valence-electron chi connectivity index (χ4n) is 3.05. The fraction of sp³-hybridized carbons (Fsp3) is 0.632. The molecule has 3 nitrogen and oxygen atoms in total. The van der Waals surface area contributed by atoms with E-state index < -0.39 is 6.10 Å². The number of carbonyl (C=O) groups excluding carboxylic acids is 1. The smallest absolute Gasteiger partial charge is 0.261 e. The molecule has 0 radical (unpaired) electrons. The second-order valence-corrected chi connectivity index (χ2v) is 6.41. The minimum atomic E-state index is -0.399. The van der Waals surface area contributed by atoms with Crippen LogP contribution in [0.15, 0.2) is 18.2 Å². The zero-order valence-electron chi connectivity index (χ0n) is 14.2. The number of rotatable bonds is 5. The SMILES string of the molecule is CCC(Oc1cccc(C)c1C)C(=O)NC1CCCCCC1. The van der Waals surface area contributed by atoms with Gasteiger partial charge < -0.3 is 10.1 Å². The highest BCUT2D eigenvalue weighted by atomic mass is 16.5. The monoisotopic (exact) mass is 303 g/mol. The van der Waals surface area contributed by atoms with E-state index in [4.69, 9.17) is 4.74 Å². The topological polar surface area (TPSA) is 38.3 Å². The van der Waals surface area contributed by atoms with E-state index in [2.05, 4.69) is 18.3 Å². The zero-order valence-corrected chi connectivity index (χ0v) is 14.2. The molecule has 0 spiro atoms. The maximum atomic E-state index is 12.5. The van der Waals surface area contributed by atoms with E-state index in [1.54, 1.807) is 0 Å². The van der Waals surface area contributed by atoms with Gasteiger partial charge in [-0.1, -0.05) is 44.7 Å². The zero-order chi connectivity index (χ0) is 15.9. The maximum absolute atomic E-state index is 12.5. The molecule has 0 aliphatic heterocycles. The van der Waals surface area contributed by atoms with Crippen molar-refractivity contribution in [2.45, 2.75) is 77.9 Å². The molecular formula is C19H29NO2. The number of ether oxygens (including phenoxy) is 1. The molecule has 122 valence electrons. The maximum Gasteiger partial charge on any atom is 0.261 e. The van der Waals surface area contributed by atoms with Crippen molar-refractivity contribution in [3.8, 4) is 5.75 Å². The van der Waals surface area contributed by atoms with Crippen LogP contribution in [0.25, 0.3) is 0 Å².